The molecule has 2 aliphatic rings. The largest absolute Gasteiger partial charge is 0.497 e. The fourth-order valence-corrected chi connectivity index (χ4v) is 2.97. The fourth-order valence-electron chi connectivity index (χ4n) is 2.97. The van der Waals surface area contributed by atoms with Gasteiger partial charge in [-0.15, -0.1) is 12.4 Å². The van der Waals surface area contributed by atoms with Crippen LogP contribution >= 0.6 is 12.4 Å². The van der Waals surface area contributed by atoms with Crippen LogP contribution in [-0.4, -0.2) is 80.7 Å². The lowest BCUT2D eigenvalue weighted by Crippen LogP contribution is -2.56. The number of halogens is 1. The van der Waals surface area contributed by atoms with Crippen molar-refractivity contribution >= 4 is 24.2 Å². The third-order valence-electron chi connectivity index (χ3n) is 4.42. The van der Waals surface area contributed by atoms with Gasteiger partial charge in [0.1, 0.15) is 11.9 Å². The highest BCUT2D eigenvalue weighted by atomic mass is 35.5. The van der Waals surface area contributed by atoms with Gasteiger partial charge in [0.2, 0.25) is 0 Å². The van der Waals surface area contributed by atoms with Crippen molar-refractivity contribution in [3.63, 3.8) is 0 Å². The van der Waals surface area contributed by atoms with Crippen molar-refractivity contribution in [3.05, 3.63) is 29.8 Å². The number of methoxy groups -OCH3 is 1. The van der Waals surface area contributed by atoms with Crippen LogP contribution < -0.4 is 10.1 Å². The minimum atomic E-state index is -0.400. The Morgan fingerprint density at radius 2 is 1.76 bits per heavy atom. The Labute approximate surface area is 153 Å². The summed E-state index contributed by atoms with van der Waals surface area (Å²) in [6.45, 7) is 4.07. The second-order valence-corrected chi connectivity index (χ2v) is 5.91. The molecule has 1 N–H and O–H groups in total. The lowest BCUT2D eigenvalue weighted by molar-refractivity contribution is -0.146. The van der Waals surface area contributed by atoms with E-state index in [1.807, 2.05) is 0 Å². The average molecular weight is 370 g/mol. The first kappa shape index (κ1) is 19.5. The summed E-state index contributed by atoms with van der Waals surface area (Å²) in [6.07, 6.45) is -0.400. The molecule has 2 amide bonds. The number of morpholine rings is 1. The summed E-state index contributed by atoms with van der Waals surface area (Å²) in [5.41, 5.74) is 0.635. The first-order chi connectivity index (χ1) is 11.7. The van der Waals surface area contributed by atoms with Crippen LogP contribution in [0.2, 0.25) is 0 Å². The second-order valence-electron chi connectivity index (χ2n) is 5.91. The molecule has 0 saturated carbocycles. The molecule has 3 rings (SSSR count). The molecule has 2 saturated heterocycles. The average Bonchev–Trinajstić information content (AvgIpc) is 2.68. The fraction of sp³-hybridized carbons (Fsp3) is 0.529. The second kappa shape index (κ2) is 9.03. The van der Waals surface area contributed by atoms with Gasteiger partial charge in [-0.2, -0.15) is 0 Å². The molecular formula is C17H24ClN3O4. The van der Waals surface area contributed by atoms with Gasteiger partial charge in [-0.25, -0.2) is 0 Å². The van der Waals surface area contributed by atoms with Crippen molar-refractivity contribution < 1.29 is 19.1 Å². The molecule has 1 unspecified atom stereocenters. The highest BCUT2D eigenvalue weighted by Crippen LogP contribution is 2.15. The smallest absolute Gasteiger partial charge is 0.253 e. The highest BCUT2D eigenvalue weighted by Gasteiger charge is 2.30. The lowest BCUT2D eigenvalue weighted by Gasteiger charge is -2.37. The molecule has 0 spiro atoms. The molecule has 0 bridgehead atoms. The van der Waals surface area contributed by atoms with E-state index in [4.69, 9.17) is 9.47 Å². The van der Waals surface area contributed by atoms with Crippen LogP contribution in [-0.2, 0) is 9.53 Å². The maximum Gasteiger partial charge on any atom is 0.253 e. The normalized spacial score (nSPS) is 20.6. The van der Waals surface area contributed by atoms with Gasteiger partial charge in [0.25, 0.3) is 11.8 Å². The Morgan fingerprint density at radius 1 is 1.12 bits per heavy atom. The van der Waals surface area contributed by atoms with Gasteiger partial charge in [0.05, 0.1) is 13.7 Å². The standard InChI is InChI=1S/C17H23N3O4.ClH/c1-23-14-4-2-13(3-5-14)16(21)19-7-9-20(10-8-19)17(22)15-12-18-6-11-24-15;/h2-5,15,18H,6-12H2,1H3;1H. The first-order valence-electron chi connectivity index (χ1n) is 8.23. The van der Waals surface area contributed by atoms with Gasteiger partial charge < -0.3 is 24.6 Å². The molecule has 7 nitrogen and oxygen atoms in total. The molecule has 2 heterocycles. The number of nitrogens with zero attached hydrogens (tertiary/aromatic N) is 2. The monoisotopic (exact) mass is 369 g/mol. The van der Waals surface area contributed by atoms with Crippen LogP contribution in [0.15, 0.2) is 24.3 Å². The topological polar surface area (TPSA) is 71.1 Å². The van der Waals surface area contributed by atoms with Crippen LogP contribution in [0.5, 0.6) is 5.75 Å². The van der Waals surface area contributed by atoms with Crippen molar-refractivity contribution in [2.24, 2.45) is 0 Å². The maximum atomic E-state index is 12.5. The van der Waals surface area contributed by atoms with Crippen molar-refractivity contribution in [1.82, 2.24) is 15.1 Å². The van der Waals surface area contributed by atoms with E-state index >= 15 is 0 Å². The number of amides is 2. The molecule has 1 atom stereocenters. The van der Waals surface area contributed by atoms with Crippen LogP contribution in [0.4, 0.5) is 0 Å². The van der Waals surface area contributed by atoms with E-state index in [2.05, 4.69) is 5.32 Å². The van der Waals surface area contributed by atoms with E-state index in [1.165, 1.54) is 0 Å². The summed E-state index contributed by atoms with van der Waals surface area (Å²) in [6, 6.07) is 7.08. The first-order valence-corrected chi connectivity index (χ1v) is 8.23. The zero-order chi connectivity index (χ0) is 16.9. The van der Waals surface area contributed by atoms with Crippen molar-refractivity contribution in [1.29, 1.82) is 0 Å². The number of hydrogen-bond donors (Lipinski definition) is 1. The lowest BCUT2D eigenvalue weighted by atomic mass is 10.1. The van der Waals surface area contributed by atoms with Crippen molar-refractivity contribution in [2.45, 2.75) is 6.10 Å². The van der Waals surface area contributed by atoms with E-state index in [0.717, 1.165) is 12.3 Å². The molecule has 0 aliphatic carbocycles. The number of benzene rings is 1. The highest BCUT2D eigenvalue weighted by molar-refractivity contribution is 5.94. The molecule has 1 aromatic rings. The molecule has 1 aromatic carbocycles. The van der Waals surface area contributed by atoms with Crippen LogP contribution in [0.25, 0.3) is 0 Å². The van der Waals surface area contributed by atoms with Gasteiger partial charge in [0.15, 0.2) is 0 Å². The Morgan fingerprint density at radius 3 is 2.32 bits per heavy atom. The van der Waals surface area contributed by atoms with Crippen molar-refractivity contribution in [2.75, 3.05) is 53.0 Å². The Hall–Kier alpha value is -1.83. The molecule has 2 fully saturated rings. The van der Waals surface area contributed by atoms with E-state index in [0.29, 0.717) is 44.9 Å². The minimum Gasteiger partial charge on any atom is -0.497 e. The third-order valence-corrected chi connectivity index (χ3v) is 4.42. The summed E-state index contributed by atoms with van der Waals surface area (Å²) < 4.78 is 10.6. The number of carbonyl (C=O) groups excluding carboxylic acids is 2. The third kappa shape index (κ3) is 4.62. The van der Waals surface area contributed by atoms with Crippen LogP contribution in [0.1, 0.15) is 10.4 Å². The summed E-state index contributed by atoms with van der Waals surface area (Å²) in [7, 11) is 1.60. The zero-order valence-electron chi connectivity index (χ0n) is 14.3. The number of carbonyl (C=O) groups is 2. The number of hydrogen-bond acceptors (Lipinski definition) is 5. The van der Waals surface area contributed by atoms with Gasteiger partial charge in [0, 0.05) is 44.8 Å². The number of rotatable bonds is 3. The van der Waals surface area contributed by atoms with E-state index in [9.17, 15) is 9.59 Å². The quantitative estimate of drug-likeness (QED) is 0.834. The maximum absolute atomic E-state index is 12.5. The number of nitrogens with one attached hydrogen (secondary N) is 1. The Balaban J connectivity index is 0.00000225. The molecular weight excluding hydrogens is 346 g/mol. The molecule has 138 valence electrons. The number of piperazine rings is 1. The zero-order valence-corrected chi connectivity index (χ0v) is 15.1. The predicted molar refractivity (Wildman–Crippen MR) is 95.3 cm³/mol. The Bertz CT molecular complexity index is 582. The van der Waals surface area contributed by atoms with E-state index in [1.54, 1.807) is 41.2 Å². The molecule has 2 aliphatic heterocycles. The Kier molecular flexibility index (Phi) is 7.04. The van der Waals surface area contributed by atoms with Gasteiger partial charge >= 0.3 is 0 Å². The van der Waals surface area contributed by atoms with Gasteiger partial charge in [-0.05, 0) is 24.3 Å². The molecule has 25 heavy (non-hydrogen) atoms. The van der Waals surface area contributed by atoms with E-state index < -0.39 is 6.10 Å². The summed E-state index contributed by atoms with van der Waals surface area (Å²) in [5, 5.41) is 3.17. The SMILES string of the molecule is COc1ccc(C(=O)N2CCN(C(=O)C3CNCCO3)CC2)cc1.Cl. The minimum absolute atomic E-state index is 0. The number of ether oxygens (including phenoxy) is 2. The van der Waals surface area contributed by atoms with Crippen LogP contribution in [0, 0.1) is 0 Å². The molecule has 0 aromatic heterocycles. The summed E-state index contributed by atoms with van der Waals surface area (Å²) >= 11 is 0. The predicted octanol–water partition coefficient (Wildman–Crippen LogP) is 0.390. The van der Waals surface area contributed by atoms with Gasteiger partial charge in [-0.1, -0.05) is 0 Å². The molecule has 0 radical (unpaired) electrons. The van der Waals surface area contributed by atoms with Crippen LogP contribution in [0.3, 0.4) is 0 Å². The van der Waals surface area contributed by atoms with Gasteiger partial charge in [-0.3, -0.25) is 9.59 Å². The van der Waals surface area contributed by atoms with E-state index in [-0.39, 0.29) is 24.2 Å². The molecule has 8 heteroatoms. The van der Waals surface area contributed by atoms with Crippen molar-refractivity contribution in [3.8, 4) is 5.75 Å². The summed E-state index contributed by atoms with van der Waals surface area (Å²) in [4.78, 5) is 28.5. The summed E-state index contributed by atoms with van der Waals surface area (Å²) in [5.74, 6) is 0.724.